The summed E-state index contributed by atoms with van der Waals surface area (Å²) < 4.78 is 80.6. The summed E-state index contributed by atoms with van der Waals surface area (Å²) in [6, 6.07) is 14.0. The molecule has 9 nitrogen and oxygen atoms in total. The van der Waals surface area contributed by atoms with E-state index >= 15 is 0 Å². The first-order valence-electron chi connectivity index (χ1n) is 14.2. The molecule has 1 N–H and O–H groups in total. The highest BCUT2D eigenvalue weighted by Crippen LogP contribution is 2.37. The highest BCUT2D eigenvalue weighted by molar-refractivity contribution is 7.89. The van der Waals surface area contributed by atoms with E-state index in [0.717, 1.165) is 11.8 Å². The van der Waals surface area contributed by atoms with Crippen molar-refractivity contribution in [1.29, 1.82) is 0 Å². The van der Waals surface area contributed by atoms with Gasteiger partial charge in [0, 0.05) is 17.6 Å². The predicted octanol–water partition coefficient (Wildman–Crippen LogP) is 6.10. The number of carboxylic acid groups (broad SMARTS) is 1. The van der Waals surface area contributed by atoms with Gasteiger partial charge in [-0.05, 0) is 98.3 Å². The van der Waals surface area contributed by atoms with E-state index < -0.39 is 51.0 Å². The molecule has 1 atom stereocenters. The molecule has 1 unspecified atom stereocenters. The third kappa shape index (κ3) is 6.42. The van der Waals surface area contributed by atoms with Crippen molar-refractivity contribution in [2.75, 3.05) is 7.11 Å². The molecule has 0 saturated carbocycles. The molecule has 0 amide bonds. The molecule has 4 aromatic rings. The number of hydrogen-bond acceptors (Lipinski definition) is 7. The van der Waals surface area contributed by atoms with Crippen LogP contribution in [0.1, 0.15) is 37.1 Å². The summed E-state index contributed by atoms with van der Waals surface area (Å²) in [6.45, 7) is 4.70. The van der Waals surface area contributed by atoms with Gasteiger partial charge in [0.25, 0.3) is 5.78 Å². The number of halogens is 3. The second-order valence-electron chi connectivity index (χ2n) is 11.6. The second kappa shape index (κ2) is 12.0. The maximum atomic E-state index is 14.0. The summed E-state index contributed by atoms with van der Waals surface area (Å²) >= 11 is 0. The number of aliphatic carboxylic acids is 1. The van der Waals surface area contributed by atoms with Crippen LogP contribution in [0.25, 0.3) is 22.0 Å². The largest absolute Gasteiger partial charge is 0.494 e. The number of ketones is 1. The third-order valence-corrected chi connectivity index (χ3v) is 9.63. The Morgan fingerprint density at radius 2 is 1.83 bits per heavy atom. The predicted molar refractivity (Wildman–Crippen MR) is 163 cm³/mol. The number of hydrogen-bond donors (Lipinski definition) is 1. The lowest BCUT2D eigenvalue weighted by molar-refractivity contribution is -0.179. The molecule has 0 spiro atoms. The smallest absolute Gasteiger partial charge is 0.452 e. The van der Waals surface area contributed by atoms with Gasteiger partial charge in [0.2, 0.25) is 10.0 Å². The van der Waals surface area contributed by atoms with Crippen molar-refractivity contribution in [2.45, 2.75) is 62.9 Å². The lowest BCUT2D eigenvalue weighted by atomic mass is 9.94. The Bertz CT molecular complexity index is 1960. The molecule has 46 heavy (non-hydrogen) atoms. The number of aryl methyl sites for hydroxylation is 2. The van der Waals surface area contributed by atoms with Gasteiger partial charge in [0.1, 0.15) is 22.6 Å². The first-order valence-corrected chi connectivity index (χ1v) is 15.7. The summed E-state index contributed by atoms with van der Waals surface area (Å²) in [5.41, 5.74) is 2.65. The van der Waals surface area contributed by atoms with Gasteiger partial charge in [-0.1, -0.05) is 24.3 Å². The SMILES string of the molecule is COc1ccc(-c2cccc(CN(C(C(=O)O)C(=O)C(F)(F)F)S(=O)(=O)c3ccc4c(c3)CCC(C)(C)O4)c2)c2ccc(C)nc12. The van der Waals surface area contributed by atoms with E-state index in [4.69, 9.17) is 9.47 Å². The van der Waals surface area contributed by atoms with Crippen LogP contribution in [0.3, 0.4) is 0 Å². The van der Waals surface area contributed by atoms with Crippen molar-refractivity contribution in [1.82, 2.24) is 9.29 Å². The lowest BCUT2D eigenvalue weighted by Crippen LogP contribution is -2.53. The van der Waals surface area contributed by atoms with Crippen LogP contribution in [-0.2, 0) is 32.6 Å². The molecule has 5 rings (SSSR count). The molecule has 0 saturated heterocycles. The van der Waals surface area contributed by atoms with E-state index in [1.54, 1.807) is 30.3 Å². The maximum Gasteiger partial charge on any atom is 0.452 e. The zero-order valence-electron chi connectivity index (χ0n) is 25.4. The number of Topliss-reactive ketones (excluding diaryl/α,β-unsaturated/α-hetero) is 1. The number of alkyl halides is 3. The summed E-state index contributed by atoms with van der Waals surface area (Å²) in [4.78, 5) is 28.8. The van der Waals surface area contributed by atoms with Crippen LogP contribution in [0.2, 0.25) is 0 Å². The summed E-state index contributed by atoms with van der Waals surface area (Å²) in [5.74, 6) is -4.05. The minimum atomic E-state index is -5.62. The van der Waals surface area contributed by atoms with Gasteiger partial charge in [0.05, 0.1) is 12.0 Å². The number of aromatic nitrogens is 1. The van der Waals surface area contributed by atoms with Gasteiger partial charge in [-0.15, -0.1) is 0 Å². The lowest BCUT2D eigenvalue weighted by Gasteiger charge is -2.33. The highest BCUT2D eigenvalue weighted by atomic mass is 32.2. The van der Waals surface area contributed by atoms with Crippen molar-refractivity contribution in [3.63, 3.8) is 0 Å². The molecule has 2 heterocycles. The number of carbonyl (C=O) groups excluding carboxylic acids is 1. The minimum Gasteiger partial charge on any atom is -0.494 e. The summed E-state index contributed by atoms with van der Waals surface area (Å²) in [7, 11) is -3.48. The van der Waals surface area contributed by atoms with Crippen molar-refractivity contribution >= 4 is 32.7 Å². The average molecular weight is 657 g/mol. The molecule has 0 radical (unpaired) electrons. The second-order valence-corrected chi connectivity index (χ2v) is 13.5. The first-order chi connectivity index (χ1) is 21.5. The van der Waals surface area contributed by atoms with Crippen LogP contribution in [-0.4, -0.2) is 59.5 Å². The van der Waals surface area contributed by atoms with Crippen LogP contribution in [0.5, 0.6) is 11.5 Å². The van der Waals surface area contributed by atoms with Crippen molar-refractivity contribution in [3.05, 3.63) is 83.6 Å². The summed E-state index contributed by atoms with van der Waals surface area (Å²) in [5, 5.41) is 10.6. The maximum absolute atomic E-state index is 14.0. The number of pyridine rings is 1. The van der Waals surface area contributed by atoms with Gasteiger partial charge in [0.15, 0.2) is 6.04 Å². The van der Waals surface area contributed by atoms with Gasteiger partial charge < -0.3 is 14.6 Å². The van der Waals surface area contributed by atoms with E-state index in [1.165, 1.54) is 31.4 Å². The molecule has 0 bridgehead atoms. The van der Waals surface area contributed by atoms with Gasteiger partial charge >= 0.3 is 12.1 Å². The van der Waals surface area contributed by atoms with E-state index in [9.17, 15) is 36.3 Å². The van der Waals surface area contributed by atoms with Crippen molar-refractivity contribution < 1.29 is 45.8 Å². The molecule has 1 aliphatic rings. The fourth-order valence-electron chi connectivity index (χ4n) is 5.49. The van der Waals surface area contributed by atoms with Crippen LogP contribution in [0, 0.1) is 6.92 Å². The van der Waals surface area contributed by atoms with Gasteiger partial charge in [-0.3, -0.25) is 4.79 Å². The van der Waals surface area contributed by atoms with E-state index in [-0.39, 0.29) is 9.87 Å². The molecule has 242 valence electrons. The Kier molecular flexibility index (Phi) is 8.60. The fourth-order valence-corrected chi connectivity index (χ4v) is 7.07. The van der Waals surface area contributed by atoms with Crippen LogP contribution >= 0.6 is 0 Å². The average Bonchev–Trinajstić information content (AvgIpc) is 2.98. The number of benzene rings is 3. The topological polar surface area (TPSA) is 123 Å². The Morgan fingerprint density at radius 1 is 1.09 bits per heavy atom. The number of rotatable bonds is 9. The molecule has 13 heteroatoms. The molecule has 1 aromatic heterocycles. The normalized spacial score (nSPS) is 15.2. The standard InChI is InChI=1S/C33H31F3N2O7S/c1-19-8-10-25-24(11-13-27(44-4)28(25)37-19)21-7-5-6-20(16-21)18-38(29(31(40)41)30(39)33(34,35)36)46(42,43)23-9-12-26-22(17-23)14-15-32(2,3)45-26/h5-13,16-17,29H,14-15,18H2,1-4H3,(H,40,41). The first kappa shape index (κ1) is 32.9. The van der Waals surface area contributed by atoms with E-state index in [1.807, 2.05) is 26.8 Å². The monoisotopic (exact) mass is 656 g/mol. The minimum absolute atomic E-state index is 0.0939. The number of ether oxygens (including phenoxy) is 2. The Morgan fingerprint density at radius 3 is 2.50 bits per heavy atom. The van der Waals surface area contributed by atoms with Crippen molar-refractivity contribution in [2.24, 2.45) is 0 Å². The van der Waals surface area contributed by atoms with Gasteiger partial charge in [-0.25, -0.2) is 18.2 Å². The highest BCUT2D eigenvalue weighted by Gasteiger charge is 2.52. The zero-order chi connectivity index (χ0) is 33.6. The molecule has 3 aromatic carbocycles. The Hall–Kier alpha value is -4.49. The number of carboxylic acids is 1. The third-order valence-electron chi connectivity index (χ3n) is 7.83. The number of fused-ring (bicyclic) bond motifs is 2. The van der Waals surface area contributed by atoms with Gasteiger partial charge in [-0.2, -0.15) is 17.5 Å². The zero-order valence-corrected chi connectivity index (χ0v) is 26.2. The van der Waals surface area contributed by atoms with Crippen LogP contribution in [0.4, 0.5) is 13.2 Å². The number of sulfonamides is 1. The molecule has 1 aliphatic heterocycles. The molecule has 0 fully saturated rings. The van der Waals surface area contributed by atoms with Crippen LogP contribution < -0.4 is 9.47 Å². The number of nitrogens with zero attached hydrogens (tertiary/aromatic N) is 2. The number of carbonyl (C=O) groups is 2. The van der Waals surface area contributed by atoms with E-state index in [0.29, 0.717) is 51.9 Å². The Balaban J connectivity index is 1.62. The number of methoxy groups -OCH3 is 1. The quantitative estimate of drug-likeness (QED) is 0.215. The van der Waals surface area contributed by atoms with E-state index in [2.05, 4.69) is 4.98 Å². The fraction of sp³-hybridized carbons (Fsp3) is 0.303. The Labute approximate surface area is 263 Å². The molecule has 0 aliphatic carbocycles. The van der Waals surface area contributed by atoms with Crippen LogP contribution in [0.15, 0.2) is 71.6 Å². The molecular weight excluding hydrogens is 625 g/mol. The van der Waals surface area contributed by atoms with Crippen molar-refractivity contribution in [3.8, 4) is 22.6 Å². The molecular formula is C33H31F3N2O7S. The summed E-state index contributed by atoms with van der Waals surface area (Å²) in [6.07, 6.45) is -4.66.